The van der Waals surface area contributed by atoms with E-state index in [0.29, 0.717) is 28.0 Å². The molecule has 35 heavy (non-hydrogen) atoms. The van der Waals surface area contributed by atoms with Crippen LogP contribution in [0.15, 0.2) is 65.6 Å². The van der Waals surface area contributed by atoms with Gasteiger partial charge in [0.05, 0.1) is 20.6 Å². The van der Waals surface area contributed by atoms with Crippen molar-refractivity contribution in [2.45, 2.75) is 31.4 Å². The summed E-state index contributed by atoms with van der Waals surface area (Å²) in [6, 6.07) is 17.6. The fourth-order valence-electron chi connectivity index (χ4n) is 3.49. The summed E-state index contributed by atoms with van der Waals surface area (Å²) in [4.78, 5) is 12.9. The van der Waals surface area contributed by atoms with Gasteiger partial charge < -0.3 is 5.32 Å². The molecular formula is C26H28Cl2N2O3S2. The SMILES string of the molecule is Cc1ccc(S(=O)(=O)N(CC(=O)NCCSCc2ccc(Cl)c(Cl)c2)c2ccc(C)cc2C)cc1. The zero-order valence-electron chi connectivity index (χ0n) is 19.8. The first-order valence-electron chi connectivity index (χ1n) is 11.0. The van der Waals surface area contributed by atoms with Crippen LogP contribution < -0.4 is 9.62 Å². The second kappa shape index (κ2) is 12.2. The molecule has 1 amide bonds. The van der Waals surface area contributed by atoms with E-state index in [-0.39, 0.29) is 17.3 Å². The lowest BCUT2D eigenvalue weighted by molar-refractivity contribution is -0.119. The topological polar surface area (TPSA) is 66.5 Å². The van der Waals surface area contributed by atoms with Gasteiger partial charge in [-0.3, -0.25) is 9.10 Å². The highest BCUT2D eigenvalue weighted by molar-refractivity contribution is 7.98. The average Bonchev–Trinajstić information content (AvgIpc) is 2.80. The molecular weight excluding hydrogens is 523 g/mol. The van der Waals surface area contributed by atoms with Crippen LogP contribution in [0.1, 0.15) is 22.3 Å². The quantitative estimate of drug-likeness (QED) is 0.307. The number of amides is 1. The molecule has 0 aromatic heterocycles. The van der Waals surface area contributed by atoms with Gasteiger partial charge in [-0.15, -0.1) is 0 Å². The fourth-order valence-corrected chi connectivity index (χ4v) is 6.10. The molecule has 0 spiro atoms. The third kappa shape index (κ3) is 7.40. The standard InChI is InChI=1S/C26H28Cl2N2O3S2/c1-18-4-8-22(9-5-18)35(32,33)30(25-11-6-19(2)14-20(25)3)16-26(31)29-12-13-34-17-21-7-10-23(27)24(28)15-21/h4-11,14-15H,12-13,16-17H2,1-3H3,(H,29,31). The Kier molecular flexibility index (Phi) is 9.53. The number of nitrogens with zero attached hydrogens (tertiary/aromatic N) is 1. The third-order valence-electron chi connectivity index (χ3n) is 5.34. The summed E-state index contributed by atoms with van der Waals surface area (Å²) in [5, 5.41) is 3.87. The molecule has 0 saturated carbocycles. The first-order chi connectivity index (χ1) is 16.6. The Morgan fingerprint density at radius 1 is 0.914 bits per heavy atom. The molecule has 1 N–H and O–H groups in total. The summed E-state index contributed by atoms with van der Waals surface area (Å²) in [6.07, 6.45) is 0. The van der Waals surface area contributed by atoms with Crippen LogP contribution in [0.3, 0.4) is 0 Å². The van der Waals surface area contributed by atoms with E-state index in [1.165, 1.54) is 4.31 Å². The third-order valence-corrected chi connectivity index (χ3v) is 8.88. The van der Waals surface area contributed by atoms with Crippen molar-refractivity contribution in [3.63, 3.8) is 0 Å². The minimum Gasteiger partial charge on any atom is -0.354 e. The largest absolute Gasteiger partial charge is 0.354 e. The average molecular weight is 552 g/mol. The van der Waals surface area contributed by atoms with Crippen molar-refractivity contribution in [1.29, 1.82) is 0 Å². The molecule has 3 aromatic rings. The van der Waals surface area contributed by atoms with Gasteiger partial charge in [-0.1, -0.05) is 64.7 Å². The Bertz CT molecular complexity index is 1300. The van der Waals surface area contributed by atoms with Crippen molar-refractivity contribution < 1.29 is 13.2 Å². The van der Waals surface area contributed by atoms with Gasteiger partial charge >= 0.3 is 0 Å². The van der Waals surface area contributed by atoms with Gasteiger partial charge in [-0.25, -0.2) is 8.42 Å². The van der Waals surface area contributed by atoms with Crippen LogP contribution in [0.5, 0.6) is 0 Å². The first-order valence-corrected chi connectivity index (χ1v) is 14.4. The Morgan fingerprint density at radius 3 is 2.26 bits per heavy atom. The summed E-state index contributed by atoms with van der Waals surface area (Å²) in [5.74, 6) is 1.03. The lowest BCUT2D eigenvalue weighted by atomic mass is 10.1. The molecule has 0 aliphatic carbocycles. The molecule has 0 fully saturated rings. The molecule has 5 nitrogen and oxygen atoms in total. The molecule has 9 heteroatoms. The van der Waals surface area contributed by atoms with Crippen LogP contribution in [-0.2, 0) is 20.6 Å². The van der Waals surface area contributed by atoms with Crippen molar-refractivity contribution in [1.82, 2.24) is 5.32 Å². The molecule has 0 heterocycles. The van der Waals surface area contributed by atoms with Crippen LogP contribution in [0, 0.1) is 20.8 Å². The molecule has 0 aliphatic heterocycles. The molecule has 0 radical (unpaired) electrons. The maximum Gasteiger partial charge on any atom is 0.264 e. The van der Waals surface area contributed by atoms with E-state index in [1.807, 2.05) is 45.0 Å². The van der Waals surface area contributed by atoms with Gasteiger partial charge in [0.25, 0.3) is 10.0 Å². The van der Waals surface area contributed by atoms with Crippen molar-refractivity contribution in [3.8, 4) is 0 Å². The highest BCUT2D eigenvalue weighted by Gasteiger charge is 2.28. The Morgan fingerprint density at radius 2 is 1.60 bits per heavy atom. The van der Waals surface area contributed by atoms with Gasteiger partial charge in [0, 0.05) is 18.1 Å². The van der Waals surface area contributed by atoms with E-state index in [9.17, 15) is 13.2 Å². The van der Waals surface area contributed by atoms with Crippen molar-refractivity contribution in [2.75, 3.05) is 23.1 Å². The Hall–Kier alpha value is -2.19. The number of rotatable bonds is 10. The minimum atomic E-state index is -3.94. The first kappa shape index (κ1) is 27.4. The fraction of sp³-hybridized carbons (Fsp3) is 0.269. The summed E-state index contributed by atoms with van der Waals surface area (Å²) >= 11 is 13.6. The monoisotopic (exact) mass is 550 g/mol. The van der Waals surface area contributed by atoms with E-state index in [0.717, 1.165) is 28.0 Å². The second-order valence-corrected chi connectivity index (χ2v) is 12.0. The predicted molar refractivity (Wildman–Crippen MR) is 147 cm³/mol. The lowest BCUT2D eigenvalue weighted by Crippen LogP contribution is -2.41. The normalized spacial score (nSPS) is 11.3. The highest BCUT2D eigenvalue weighted by Crippen LogP contribution is 2.28. The van der Waals surface area contributed by atoms with Crippen molar-refractivity contribution in [2.24, 2.45) is 0 Å². The van der Waals surface area contributed by atoms with Crippen LogP contribution in [0.4, 0.5) is 5.69 Å². The summed E-state index contributed by atoms with van der Waals surface area (Å²) in [7, 11) is -3.94. The molecule has 0 saturated heterocycles. The number of thioether (sulfide) groups is 1. The number of halogens is 2. The maximum absolute atomic E-state index is 13.5. The van der Waals surface area contributed by atoms with Gasteiger partial charge in [0.1, 0.15) is 6.54 Å². The smallest absolute Gasteiger partial charge is 0.264 e. The summed E-state index contributed by atoms with van der Waals surface area (Å²) in [5.41, 5.74) is 4.28. The van der Waals surface area contributed by atoms with Gasteiger partial charge in [-0.2, -0.15) is 11.8 Å². The number of hydrogen-bond acceptors (Lipinski definition) is 4. The number of sulfonamides is 1. The molecule has 3 aromatic carbocycles. The van der Waals surface area contributed by atoms with E-state index in [4.69, 9.17) is 23.2 Å². The molecule has 0 bridgehead atoms. The molecule has 0 atom stereocenters. The van der Waals surface area contributed by atoms with Gasteiger partial charge in [0.2, 0.25) is 5.91 Å². The van der Waals surface area contributed by atoms with Crippen LogP contribution in [0.25, 0.3) is 0 Å². The second-order valence-electron chi connectivity index (χ2n) is 8.27. The van der Waals surface area contributed by atoms with E-state index in [1.54, 1.807) is 48.2 Å². The number of anilines is 1. The molecule has 0 aliphatic rings. The number of carbonyl (C=O) groups is 1. The Labute approximate surface area is 221 Å². The van der Waals surface area contributed by atoms with E-state index >= 15 is 0 Å². The lowest BCUT2D eigenvalue weighted by Gasteiger charge is -2.26. The molecule has 3 rings (SSSR count). The predicted octanol–water partition coefficient (Wildman–Crippen LogP) is 6.16. The van der Waals surface area contributed by atoms with Gasteiger partial charge in [-0.05, 0) is 62.2 Å². The summed E-state index contributed by atoms with van der Waals surface area (Å²) < 4.78 is 28.2. The van der Waals surface area contributed by atoms with E-state index in [2.05, 4.69) is 5.32 Å². The zero-order chi connectivity index (χ0) is 25.6. The van der Waals surface area contributed by atoms with Crippen LogP contribution >= 0.6 is 35.0 Å². The number of benzene rings is 3. The highest BCUT2D eigenvalue weighted by atomic mass is 35.5. The number of hydrogen-bond donors (Lipinski definition) is 1. The Balaban J connectivity index is 1.67. The zero-order valence-corrected chi connectivity index (χ0v) is 23.0. The number of aryl methyl sites for hydroxylation is 3. The van der Waals surface area contributed by atoms with Crippen LogP contribution in [0.2, 0.25) is 10.0 Å². The number of carbonyl (C=O) groups excluding carboxylic acids is 1. The number of nitrogens with one attached hydrogen (secondary N) is 1. The van der Waals surface area contributed by atoms with Gasteiger partial charge in [0.15, 0.2) is 0 Å². The molecule has 186 valence electrons. The van der Waals surface area contributed by atoms with Crippen LogP contribution in [-0.4, -0.2) is 33.2 Å². The van der Waals surface area contributed by atoms with Crippen molar-refractivity contribution >= 4 is 56.6 Å². The van der Waals surface area contributed by atoms with Crippen molar-refractivity contribution in [3.05, 3.63) is 93.0 Å². The summed E-state index contributed by atoms with van der Waals surface area (Å²) in [6.45, 7) is 5.79. The van der Waals surface area contributed by atoms with E-state index < -0.39 is 10.0 Å². The molecule has 0 unspecified atom stereocenters. The maximum atomic E-state index is 13.5. The minimum absolute atomic E-state index is 0.146.